The molecule has 4 rings (SSSR count). The summed E-state index contributed by atoms with van der Waals surface area (Å²) in [5.41, 5.74) is 0.876. The second-order valence-corrected chi connectivity index (χ2v) is 8.65. The molecule has 1 saturated heterocycles. The van der Waals surface area contributed by atoms with Crippen LogP contribution in [0, 0.1) is 0 Å². The zero-order valence-electron chi connectivity index (χ0n) is 17.6. The lowest BCUT2D eigenvalue weighted by atomic mass is 10.2. The summed E-state index contributed by atoms with van der Waals surface area (Å²) in [6, 6.07) is 11.4. The van der Waals surface area contributed by atoms with E-state index in [-0.39, 0.29) is 17.3 Å². The summed E-state index contributed by atoms with van der Waals surface area (Å²) in [5, 5.41) is 12.1. The zero-order valence-corrected chi connectivity index (χ0v) is 18.4. The molecule has 2 unspecified atom stereocenters. The third kappa shape index (κ3) is 5.29. The van der Waals surface area contributed by atoms with Crippen molar-refractivity contribution in [3.63, 3.8) is 0 Å². The second-order valence-electron chi connectivity index (χ2n) is 7.34. The van der Waals surface area contributed by atoms with Gasteiger partial charge in [0.15, 0.2) is 11.0 Å². The number of aromatic nitrogens is 3. The van der Waals surface area contributed by atoms with E-state index in [0.29, 0.717) is 24.1 Å². The van der Waals surface area contributed by atoms with Crippen molar-refractivity contribution in [2.24, 2.45) is 0 Å². The normalized spacial score (nSPS) is 16.9. The molecule has 0 saturated carbocycles. The van der Waals surface area contributed by atoms with Gasteiger partial charge in [-0.3, -0.25) is 9.36 Å². The fourth-order valence-electron chi connectivity index (χ4n) is 3.43. The smallest absolute Gasteiger partial charge is 0.233 e. The van der Waals surface area contributed by atoms with E-state index < -0.39 is 0 Å². The van der Waals surface area contributed by atoms with Crippen molar-refractivity contribution in [1.82, 2.24) is 20.1 Å². The molecular weight excluding hydrogens is 416 g/mol. The topological polar surface area (TPSA) is 91.4 Å². The summed E-state index contributed by atoms with van der Waals surface area (Å²) < 4.78 is 18.4. The molecule has 3 aromatic rings. The van der Waals surface area contributed by atoms with E-state index in [1.165, 1.54) is 11.8 Å². The second kappa shape index (κ2) is 10.0. The Morgan fingerprint density at radius 2 is 2.26 bits per heavy atom. The van der Waals surface area contributed by atoms with Crippen LogP contribution in [0.3, 0.4) is 0 Å². The highest BCUT2D eigenvalue weighted by Crippen LogP contribution is 2.29. The van der Waals surface area contributed by atoms with Crippen LogP contribution in [-0.2, 0) is 16.1 Å². The highest BCUT2D eigenvalue weighted by Gasteiger charge is 2.23. The van der Waals surface area contributed by atoms with Crippen LogP contribution in [0.5, 0.6) is 5.75 Å². The van der Waals surface area contributed by atoms with Crippen LogP contribution in [0.2, 0.25) is 0 Å². The molecule has 1 aromatic carbocycles. The van der Waals surface area contributed by atoms with Gasteiger partial charge in [0.05, 0.1) is 31.3 Å². The van der Waals surface area contributed by atoms with Crippen LogP contribution in [0.15, 0.2) is 52.2 Å². The van der Waals surface area contributed by atoms with E-state index in [2.05, 4.69) is 15.5 Å². The first-order chi connectivity index (χ1) is 15.1. The van der Waals surface area contributed by atoms with Crippen molar-refractivity contribution in [2.75, 3.05) is 20.3 Å². The van der Waals surface area contributed by atoms with Crippen molar-refractivity contribution in [1.29, 1.82) is 0 Å². The molecule has 1 fully saturated rings. The third-order valence-corrected chi connectivity index (χ3v) is 6.20. The van der Waals surface area contributed by atoms with Crippen molar-refractivity contribution >= 4 is 17.7 Å². The molecule has 9 heteroatoms. The zero-order chi connectivity index (χ0) is 21.6. The highest BCUT2D eigenvalue weighted by atomic mass is 32.2. The molecule has 0 spiro atoms. The fourth-order valence-corrected chi connectivity index (χ4v) is 4.30. The maximum atomic E-state index is 12.6. The van der Waals surface area contributed by atoms with E-state index in [4.69, 9.17) is 13.9 Å². The van der Waals surface area contributed by atoms with Gasteiger partial charge in [0, 0.05) is 18.7 Å². The standard InChI is InChI=1S/C22H26N4O4S/c1-15(21(27)23-13-18-8-4-10-29-18)31-22-25-24-20(16-6-3-7-17(12-16)28-2)26(22)14-19-9-5-11-30-19/h3,5-7,9,11-12,15,18H,4,8,10,13-14H2,1-2H3,(H,23,27). The van der Waals surface area contributed by atoms with Gasteiger partial charge >= 0.3 is 0 Å². The molecule has 1 amide bonds. The van der Waals surface area contributed by atoms with Crippen molar-refractivity contribution in [3.05, 3.63) is 48.4 Å². The molecule has 0 radical (unpaired) electrons. The Morgan fingerprint density at radius 1 is 1.35 bits per heavy atom. The number of benzene rings is 1. The minimum absolute atomic E-state index is 0.0454. The lowest BCUT2D eigenvalue weighted by Crippen LogP contribution is -2.36. The predicted octanol–water partition coefficient (Wildman–Crippen LogP) is 3.37. The quantitative estimate of drug-likeness (QED) is 0.508. The first kappa shape index (κ1) is 21.5. The van der Waals surface area contributed by atoms with E-state index >= 15 is 0 Å². The maximum absolute atomic E-state index is 12.6. The van der Waals surface area contributed by atoms with Crippen LogP contribution in [-0.4, -0.2) is 52.3 Å². The lowest BCUT2D eigenvalue weighted by Gasteiger charge is -2.15. The number of furan rings is 1. The van der Waals surface area contributed by atoms with Gasteiger partial charge in [0.2, 0.25) is 5.91 Å². The van der Waals surface area contributed by atoms with Crippen LogP contribution >= 0.6 is 11.8 Å². The van der Waals surface area contributed by atoms with E-state index in [1.807, 2.05) is 47.9 Å². The Morgan fingerprint density at radius 3 is 3.00 bits per heavy atom. The molecule has 2 atom stereocenters. The first-order valence-electron chi connectivity index (χ1n) is 10.3. The Hall–Kier alpha value is -2.78. The highest BCUT2D eigenvalue weighted by molar-refractivity contribution is 8.00. The summed E-state index contributed by atoms with van der Waals surface area (Å²) in [4.78, 5) is 12.6. The van der Waals surface area contributed by atoms with E-state index in [0.717, 1.165) is 36.5 Å². The number of nitrogens with one attached hydrogen (secondary N) is 1. The Balaban J connectivity index is 1.53. The minimum Gasteiger partial charge on any atom is -0.497 e. The first-order valence-corrected chi connectivity index (χ1v) is 11.2. The van der Waals surface area contributed by atoms with Gasteiger partial charge in [-0.1, -0.05) is 23.9 Å². The molecule has 31 heavy (non-hydrogen) atoms. The van der Waals surface area contributed by atoms with Crippen molar-refractivity contribution < 1.29 is 18.7 Å². The Bertz CT molecular complexity index is 999. The van der Waals surface area contributed by atoms with Gasteiger partial charge in [-0.15, -0.1) is 10.2 Å². The fraction of sp³-hybridized carbons (Fsp3) is 0.409. The Labute approximate surface area is 185 Å². The number of hydrogen-bond donors (Lipinski definition) is 1. The number of rotatable bonds is 9. The number of hydrogen-bond acceptors (Lipinski definition) is 7. The molecule has 1 N–H and O–H groups in total. The van der Waals surface area contributed by atoms with Gasteiger partial charge in [0.1, 0.15) is 11.5 Å². The Kier molecular flexibility index (Phi) is 6.93. The molecule has 1 aliphatic heterocycles. The van der Waals surface area contributed by atoms with E-state index in [9.17, 15) is 4.79 Å². The average Bonchev–Trinajstić information content (AvgIpc) is 3.56. The van der Waals surface area contributed by atoms with E-state index in [1.54, 1.807) is 13.4 Å². The molecule has 8 nitrogen and oxygen atoms in total. The van der Waals surface area contributed by atoms with Crippen LogP contribution in [0.4, 0.5) is 0 Å². The summed E-state index contributed by atoms with van der Waals surface area (Å²) in [7, 11) is 1.63. The minimum atomic E-state index is -0.334. The van der Waals surface area contributed by atoms with Crippen molar-refractivity contribution in [3.8, 4) is 17.1 Å². The summed E-state index contributed by atoms with van der Waals surface area (Å²) in [5.74, 6) is 2.16. The summed E-state index contributed by atoms with van der Waals surface area (Å²) in [6.45, 7) is 3.64. The van der Waals surface area contributed by atoms with Crippen LogP contribution < -0.4 is 10.1 Å². The SMILES string of the molecule is COc1cccc(-c2nnc(SC(C)C(=O)NCC3CCCO3)n2Cc2ccco2)c1. The number of methoxy groups -OCH3 is 1. The van der Waals surface area contributed by atoms with Gasteiger partial charge in [-0.25, -0.2) is 0 Å². The summed E-state index contributed by atoms with van der Waals surface area (Å²) >= 11 is 1.37. The molecule has 3 heterocycles. The van der Waals surface area contributed by atoms with Gasteiger partial charge in [0.25, 0.3) is 0 Å². The molecule has 164 valence electrons. The monoisotopic (exact) mass is 442 g/mol. The van der Waals surface area contributed by atoms with Crippen LogP contribution in [0.25, 0.3) is 11.4 Å². The number of nitrogens with zero attached hydrogens (tertiary/aromatic N) is 3. The molecule has 0 bridgehead atoms. The average molecular weight is 443 g/mol. The predicted molar refractivity (Wildman–Crippen MR) is 117 cm³/mol. The lowest BCUT2D eigenvalue weighted by molar-refractivity contribution is -0.120. The van der Waals surface area contributed by atoms with Crippen molar-refractivity contribution in [2.45, 2.75) is 42.8 Å². The molecular formula is C22H26N4O4S. The molecule has 2 aromatic heterocycles. The van der Waals surface area contributed by atoms with Gasteiger partial charge < -0.3 is 19.2 Å². The van der Waals surface area contributed by atoms with Gasteiger partial charge in [-0.2, -0.15) is 0 Å². The maximum Gasteiger partial charge on any atom is 0.233 e. The number of carbonyl (C=O) groups excluding carboxylic acids is 1. The molecule has 0 aliphatic carbocycles. The third-order valence-electron chi connectivity index (χ3n) is 5.12. The molecule has 1 aliphatic rings. The van der Waals surface area contributed by atoms with Crippen LogP contribution in [0.1, 0.15) is 25.5 Å². The number of thioether (sulfide) groups is 1. The van der Waals surface area contributed by atoms with Gasteiger partial charge in [-0.05, 0) is 44.0 Å². The largest absolute Gasteiger partial charge is 0.497 e. The number of ether oxygens (including phenoxy) is 2. The number of carbonyl (C=O) groups is 1. The summed E-state index contributed by atoms with van der Waals surface area (Å²) in [6.07, 6.45) is 3.79. The number of amides is 1.